The van der Waals surface area contributed by atoms with E-state index in [1.807, 2.05) is 0 Å². The van der Waals surface area contributed by atoms with E-state index in [-0.39, 0.29) is 12.1 Å². The summed E-state index contributed by atoms with van der Waals surface area (Å²) in [5, 5.41) is 18.7. The molecule has 0 fully saturated rings. The smallest absolute Gasteiger partial charge is 0.306 e. The fraction of sp³-hybridized carbons (Fsp3) is 0.812. The van der Waals surface area contributed by atoms with E-state index >= 15 is 0 Å². The Morgan fingerprint density at radius 2 is 1.75 bits per heavy atom. The lowest BCUT2D eigenvalue weighted by molar-refractivity contribution is -0.702. The minimum Gasteiger partial charge on any atom is -0.462 e. The van der Waals surface area contributed by atoms with Gasteiger partial charge in [-0.1, -0.05) is 38.2 Å². The average molecular weight is 366 g/mol. The van der Waals surface area contributed by atoms with Crippen LogP contribution in [0.25, 0.3) is 0 Å². The van der Waals surface area contributed by atoms with Gasteiger partial charge in [0.1, 0.15) is 6.10 Å². The van der Waals surface area contributed by atoms with Gasteiger partial charge in [0.05, 0.1) is 13.0 Å². The first-order valence-corrected chi connectivity index (χ1v) is 9.05. The van der Waals surface area contributed by atoms with Gasteiger partial charge in [-0.2, -0.15) is 12.6 Å². The van der Waals surface area contributed by atoms with E-state index in [2.05, 4.69) is 39.2 Å². The van der Waals surface area contributed by atoms with Crippen molar-refractivity contribution in [2.24, 2.45) is 0 Å². The highest BCUT2D eigenvalue weighted by molar-refractivity contribution is 7.80. The Morgan fingerprint density at radius 3 is 2.38 bits per heavy atom. The molecule has 7 nitrogen and oxygen atoms in total. The van der Waals surface area contributed by atoms with Crippen molar-refractivity contribution in [3.63, 3.8) is 0 Å². The molecule has 1 N–H and O–H groups in total. The first kappa shape index (κ1) is 23.4. The summed E-state index contributed by atoms with van der Waals surface area (Å²) in [6, 6.07) is 0. The summed E-state index contributed by atoms with van der Waals surface area (Å²) in [7, 11) is 0. The van der Waals surface area contributed by atoms with Crippen molar-refractivity contribution in [2.75, 3.05) is 12.4 Å². The molecule has 0 rings (SSSR count). The van der Waals surface area contributed by atoms with Crippen LogP contribution in [0.1, 0.15) is 64.2 Å². The molecular weight excluding hydrogens is 336 g/mol. The van der Waals surface area contributed by atoms with Crippen LogP contribution >= 0.6 is 12.6 Å². The highest BCUT2D eigenvalue weighted by Crippen LogP contribution is 2.14. The van der Waals surface area contributed by atoms with Crippen molar-refractivity contribution in [3.8, 4) is 0 Å². The normalized spacial score (nSPS) is 12.1. The van der Waals surface area contributed by atoms with Crippen LogP contribution in [0.5, 0.6) is 0 Å². The standard InChI is InChI=1S/C16H30O7S/c1-2-10-15(20-16(17)12-14-24)11-8-6-4-3-5-7-9-13-19-22-23-21-18/h2,15,18,24H,1,3-14H2. The lowest BCUT2D eigenvalue weighted by Gasteiger charge is -2.16. The van der Waals surface area contributed by atoms with Crippen molar-refractivity contribution in [2.45, 2.75) is 70.3 Å². The predicted octanol–water partition coefficient (Wildman–Crippen LogP) is 4.20. The molecule has 0 aromatic rings. The molecule has 0 saturated carbocycles. The van der Waals surface area contributed by atoms with Gasteiger partial charge in [0, 0.05) is 12.2 Å². The summed E-state index contributed by atoms with van der Waals surface area (Å²) in [5.74, 6) is 0.331. The number of esters is 1. The number of carbonyl (C=O) groups is 1. The zero-order valence-electron chi connectivity index (χ0n) is 14.2. The van der Waals surface area contributed by atoms with E-state index in [1.165, 1.54) is 0 Å². The highest BCUT2D eigenvalue weighted by atomic mass is 32.1. The van der Waals surface area contributed by atoms with Crippen LogP contribution < -0.4 is 0 Å². The van der Waals surface area contributed by atoms with Gasteiger partial charge >= 0.3 is 5.97 Å². The zero-order chi connectivity index (χ0) is 17.9. The number of hydrogen-bond acceptors (Lipinski definition) is 8. The fourth-order valence-electron chi connectivity index (χ4n) is 2.23. The van der Waals surface area contributed by atoms with E-state index in [4.69, 9.17) is 9.99 Å². The Labute approximate surface area is 149 Å². The molecule has 0 heterocycles. The molecule has 1 atom stereocenters. The van der Waals surface area contributed by atoms with Gasteiger partial charge < -0.3 is 4.74 Å². The molecular formula is C16H30O7S. The van der Waals surface area contributed by atoms with Gasteiger partial charge in [0.15, 0.2) is 0 Å². The first-order chi connectivity index (χ1) is 11.7. The summed E-state index contributed by atoms with van der Waals surface area (Å²) in [6.07, 6.45) is 11.1. The number of rotatable bonds is 18. The second-order valence-corrected chi connectivity index (χ2v) is 5.85. The van der Waals surface area contributed by atoms with E-state index < -0.39 is 0 Å². The molecule has 8 heteroatoms. The van der Waals surface area contributed by atoms with Crippen LogP contribution in [-0.4, -0.2) is 29.7 Å². The lowest BCUT2D eigenvalue weighted by atomic mass is 10.0. The van der Waals surface area contributed by atoms with Gasteiger partial charge in [-0.25, -0.2) is 10.1 Å². The molecule has 0 aliphatic carbocycles. The molecule has 0 saturated heterocycles. The van der Waals surface area contributed by atoms with Crippen molar-refractivity contribution in [3.05, 3.63) is 12.7 Å². The van der Waals surface area contributed by atoms with Crippen LogP contribution in [-0.2, 0) is 29.5 Å². The van der Waals surface area contributed by atoms with Crippen LogP contribution in [0.4, 0.5) is 0 Å². The maximum atomic E-state index is 11.5. The van der Waals surface area contributed by atoms with Crippen LogP contribution in [0.2, 0.25) is 0 Å². The lowest BCUT2D eigenvalue weighted by Crippen LogP contribution is -2.17. The Kier molecular flexibility index (Phi) is 18.2. The summed E-state index contributed by atoms with van der Waals surface area (Å²) in [4.78, 5) is 16.1. The molecule has 0 spiro atoms. The van der Waals surface area contributed by atoms with Crippen LogP contribution in [0.15, 0.2) is 12.7 Å². The summed E-state index contributed by atoms with van der Waals surface area (Å²) in [5.41, 5.74) is 0. The van der Waals surface area contributed by atoms with E-state index in [0.29, 0.717) is 25.2 Å². The van der Waals surface area contributed by atoms with E-state index in [1.54, 1.807) is 6.08 Å². The summed E-state index contributed by atoms with van der Waals surface area (Å²) in [6.45, 7) is 4.09. The first-order valence-electron chi connectivity index (χ1n) is 8.42. The summed E-state index contributed by atoms with van der Waals surface area (Å²) < 4.78 is 5.41. The largest absolute Gasteiger partial charge is 0.462 e. The third kappa shape index (κ3) is 16.2. The number of carbonyl (C=O) groups excluding carboxylic acids is 1. The van der Waals surface area contributed by atoms with Crippen molar-refractivity contribution >= 4 is 18.6 Å². The molecule has 1 unspecified atom stereocenters. The third-order valence-electron chi connectivity index (χ3n) is 3.40. The molecule has 24 heavy (non-hydrogen) atoms. The average Bonchev–Trinajstić information content (AvgIpc) is 2.56. The molecule has 0 aromatic heterocycles. The number of hydrogen-bond donors (Lipinski definition) is 2. The SMILES string of the molecule is C=CCC(CCCCCCCCCOOOOO)OC(=O)CCS. The van der Waals surface area contributed by atoms with Crippen LogP contribution in [0, 0.1) is 0 Å². The van der Waals surface area contributed by atoms with Crippen molar-refractivity contribution < 1.29 is 34.8 Å². The van der Waals surface area contributed by atoms with Gasteiger partial charge in [0.25, 0.3) is 0 Å². The molecule has 0 radical (unpaired) electrons. The van der Waals surface area contributed by atoms with Crippen LogP contribution in [0.3, 0.4) is 0 Å². The van der Waals surface area contributed by atoms with Crippen molar-refractivity contribution in [1.29, 1.82) is 0 Å². The monoisotopic (exact) mass is 366 g/mol. The predicted molar refractivity (Wildman–Crippen MR) is 91.9 cm³/mol. The quantitative estimate of drug-likeness (QED) is 0.0939. The Balaban J connectivity index is 3.45. The van der Waals surface area contributed by atoms with Gasteiger partial charge in [-0.3, -0.25) is 4.79 Å². The minimum atomic E-state index is -0.181. The highest BCUT2D eigenvalue weighted by Gasteiger charge is 2.12. The number of thiol groups is 1. The zero-order valence-corrected chi connectivity index (χ0v) is 15.1. The molecule has 0 aliphatic rings. The number of ether oxygens (including phenoxy) is 1. The van der Waals surface area contributed by atoms with E-state index in [9.17, 15) is 4.79 Å². The Hall–Kier alpha value is -0.640. The second kappa shape index (κ2) is 18.7. The topological polar surface area (TPSA) is 83.5 Å². The Bertz CT molecular complexity index is 302. The minimum absolute atomic E-state index is 0.0582. The maximum Gasteiger partial charge on any atom is 0.306 e. The molecule has 0 bridgehead atoms. The molecule has 0 aliphatic heterocycles. The van der Waals surface area contributed by atoms with Gasteiger partial charge in [0.2, 0.25) is 0 Å². The van der Waals surface area contributed by atoms with Gasteiger partial charge in [-0.05, 0) is 34.4 Å². The number of unbranched alkanes of at least 4 members (excludes halogenated alkanes) is 6. The maximum absolute atomic E-state index is 11.5. The molecule has 0 amide bonds. The Morgan fingerprint density at radius 1 is 1.08 bits per heavy atom. The van der Waals surface area contributed by atoms with E-state index in [0.717, 1.165) is 51.4 Å². The van der Waals surface area contributed by atoms with Crippen molar-refractivity contribution in [1.82, 2.24) is 0 Å². The van der Waals surface area contributed by atoms with Gasteiger partial charge in [-0.15, -0.1) is 6.58 Å². The fourth-order valence-corrected chi connectivity index (χ4v) is 2.41. The summed E-state index contributed by atoms with van der Waals surface area (Å²) >= 11 is 4.03. The third-order valence-corrected chi connectivity index (χ3v) is 3.63. The molecule has 0 aromatic carbocycles. The second-order valence-electron chi connectivity index (χ2n) is 5.41. The molecule has 142 valence electrons.